The molecule has 0 aromatic heterocycles. The van der Waals surface area contributed by atoms with Crippen molar-refractivity contribution in [1.82, 2.24) is 0 Å². The van der Waals surface area contributed by atoms with Gasteiger partial charge in [0.1, 0.15) is 0 Å². The first-order valence-corrected chi connectivity index (χ1v) is 7.98. The Hall–Kier alpha value is -1.84. The molecule has 0 spiro atoms. The zero-order valence-corrected chi connectivity index (χ0v) is 14.5. The Kier molecular flexibility index (Phi) is 5.80. The molecule has 0 saturated heterocycles. The highest BCUT2D eigenvalue weighted by Gasteiger charge is 2.12. The predicted molar refractivity (Wildman–Crippen MR) is 94.6 cm³/mol. The Morgan fingerprint density at radius 1 is 0.957 bits per heavy atom. The number of ketones is 1. The highest BCUT2D eigenvalue weighted by Crippen LogP contribution is 2.25. The van der Waals surface area contributed by atoms with Gasteiger partial charge in [0.05, 0.1) is 10.0 Å². The fourth-order valence-electron chi connectivity index (χ4n) is 2.20. The maximum absolute atomic E-state index is 12.3. The number of nitrogens with one attached hydrogen (secondary N) is 1. The number of carbonyl (C=O) groups is 2. The molecule has 3 nitrogen and oxygen atoms in total. The third-order valence-corrected chi connectivity index (χ3v) is 4.21. The van der Waals surface area contributed by atoms with Gasteiger partial charge in [0.2, 0.25) is 5.91 Å². The number of rotatable bonds is 5. The van der Waals surface area contributed by atoms with E-state index in [0.717, 1.165) is 11.1 Å². The SMILES string of the molecule is Cc1ccc(C)c(C(=O)CCC(=O)Nc2ccc(Cl)c(Cl)c2)c1. The normalized spacial score (nSPS) is 10.4. The van der Waals surface area contributed by atoms with Gasteiger partial charge in [0.15, 0.2) is 5.78 Å². The van der Waals surface area contributed by atoms with E-state index in [-0.39, 0.29) is 24.5 Å². The van der Waals surface area contributed by atoms with Gasteiger partial charge >= 0.3 is 0 Å². The summed E-state index contributed by atoms with van der Waals surface area (Å²) in [5, 5.41) is 3.51. The second kappa shape index (κ2) is 7.62. The Bertz CT molecular complexity index is 757. The summed E-state index contributed by atoms with van der Waals surface area (Å²) < 4.78 is 0. The van der Waals surface area contributed by atoms with E-state index < -0.39 is 0 Å². The van der Waals surface area contributed by atoms with Crippen LogP contribution in [0.1, 0.15) is 34.3 Å². The van der Waals surface area contributed by atoms with E-state index in [1.165, 1.54) is 0 Å². The van der Waals surface area contributed by atoms with Crippen molar-refractivity contribution < 1.29 is 9.59 Å². The smallest absolute Gasteiger partial charge is 0.224 e. The number of hydrogen-bond donors (Lipinski definition) is 1. The molecule has 120 valence electrons. The molecule has 0 bridgehead atoms. The van der Waals surface area contributed by atoms with Crippen LogP contribution in [0.15, 0.2) is 36.4 Å². The Labute approximate surface area is 145 Å². The quantitative estimate of drug-likeness (QED) is 0.752. The van der Waals surface area contributed by atoms with Gasteiger partial charge in [0.25, 0.3) is 0 Å². The summed E-state index contributed by atoms with van der Waals surface area (Å²) in [5.41, 5.74) is 3.18. The van der Waals surface area contributed by atoms with Crippen LogP contribution in [0.4, 0.5) is 5.69 Å². The number of benzene rings is 2. The molecule has 2 rings (SSSR count). The second-order valence-electron chi connectivity index (χ2n) is 5.42. The van der Waals surface area contributed by atoms with E-state index in [1.807, 2.05) is 32.0 Å². The largest absolute Gasteiger partial charge is 0.326 e. The Morgan fingerprint density at radius 2 is 1.70 bits per heavy atom. The summed E-state index contributed by atoms with van der Waals surface area (Å²) >= 11 is 11.7. The van der Waals surface area contributed by atoms with Gasteiger partial charge in [0, 0.05) is 24.1 Å². The minimum atomic E-state index is -0.234. The molecule has 2 aromatic rings. The van der Waals surface area contributed by atoms with Crippen molar-refractivity contribution in [2.75, 3.05) is 5.32 Å². The van der Waals surface area contributed by atoms with Gasteiger partial charge in [-0.1, -0.05) is 40.9 Å². The molecule has 5 heteroatoms. The molecule has 0 saturated carbocycles. The van der Waals surface area contributed by atoms with E-state index in [2.05, 4.69) is 5.32 Å². The third kappa shape index (κ3) is 4.81. The summed E-state index contributed by atoms with van der Waals surface area (Å²) in [7, 11) is 0. The summed E-state index contributed by atoms with van der Waals surface area (Å²) in [6.45, 7) is 3.83. The molecule has 2 aromatic carbocycles. The van der Waals surface area contributed by atoms with Gasteiger partial charge in [-0.3, -0.25) is 9.59 Å². The molecule has 0 radical (unpaired) electrons. The van der Waals surface area contributed by atoms with Crippen LogP contribution < -0.4 is 5.32 Å². The van der Waals surface area contributed by atoms with Crippen LogP contribution in [-0.4, -0.2) is 11.7 Å². The molecular formula is C18H17Cl2NO2. The van der Waals surface area contributed by atoms with Crippen molar-refractivity contribution in [3.63, 3.8) is 0 Å². The lowest BCUT2D eigenvalue weighted by atomic mass is 9.99. The van der Waals surface area contributed by atoms with Crippen molar-refractivity contribution in [2.24, 2.45) is 0 Å². The van der Waals surface area contributed by atoms with E-state index >= 15 is 0 Å². The van der Waals surface area contributed by atoms with Crippen molar-refractivity contribution in [2.45, 2.75) is 26.7 Å². The molecule has 0 fully saturated rings. The van der Waals surface area contributed by atoms with Crippen LogP contribution in [0.3, 0.4) is 0 Å². The molecule has 0 atom stereocenters. The lowest BCUT2D eigenvalue weighted by molar-refractivity contribution is -0.116. The third-order valence-electron chi connectivity index (χ3n) is 3.48. The van der Waals surface area contributed by atoms with Gasteiger partial charge in [-0.05, 0) is 43.7 Å². The average Bonchev–Trinajstić information content (AvgIpc) is 2.51. The minimum Gasteiger partial charge on any atom is -0.326 e. The molecule has 1 amide bonds. The van der Waals surface area contributed by atoms with Crippen LogP contribution in [-0.2, 0) is 4.79 Å². The van der Waals surface area contributed by atoms with Crippen molar-refractivity contribution in [3.8, 4) is 0 Å². The Balaban J connectivity index is 1.94. The number of aryl methyl sites for hydroxylation is 2. The van der Waals surface area contributed by atoms with Crippen LogP contribution in [0, 0.1) is 13.8 Å². The molecule has 23 heavy (non-hydrogen) atoms. The Morgan fingerprint density at radius 3 is 2.39 bits per heavy atom. The zero-order chi connectivity index (χ0) is 17.0. The first-order chi connectivity index (χ1) is 10.9. The van der Waals surface area contributed by atoms with Gasteiger partial charge in [-0.15, -0.1) is 0 Å². The van der Waals surface area contributed by atoms with Crippen molar-refractivity contribution in [1.29, 1.82) is 0 Å². The summed E-state index contributed by atoms with van der Waals surface area (Å²) in [6, 6.07) is 10.6. The number of anilines is 1. The summed E-state index contributed by atoms with van der Waals surface area (Å²) in [5.74, 6) is -0.266. The fourth-order valence-corrected chi connectivity index (χ4v) is 2.49. The molecule has 0 aliphatic heterocycles. The van der Waals surface area contributed by atoms with E-state index in [1.54, 1.807) is 18.2 Å². The van der Waals surface area contributed by atoms with E-state index in [9.17, 15) is 9.59 Å². The van der Waals surface area contributed by atoms with E-state index in [0.29, 0.717) is 21.3 Å². The summed E-state index contributed by atoms with van der Waals surface area (Å²) in [6.07, 6.45) is 0.282. The van der Waals surface area contributed by atoms with E-state index in [4.69, 9.17) is 23.2 Å². The monoisotopic (exact) mass is 349 g/mol. The van der Waals surface area contributed by atoms with Gasteiger partial charge in [-0.2, -0.15) is 0 Å². The van der Waals surface area contributed by atoms with Crippen LogP contribution in [0.2, 0.25) is 10.0 Å². The molecule has 0 heterocycles. The van der Waals surface area contributed by atoms with Gasteiger partial charge < -0.3 is 5.32 Å². The van der Waals surface area contributed by atoms with Crippen molar-refractivity contribution in [3.05, 3.63) is 63.1 Å². The van der Waals surface area contributed by atoms with Gasteiger partial charge in [-0.25, -0.2) is 0 Å². The standard InChI is InChI=1S/C18H17Cl2NO2/c1-11-3-4-12(2)14(9-11)17(22)7-8-18(23)21-13-5-6-15(19)16(20)10-13/h3-6,9-10H,7-8H2,1-2H3,(H,21,23). The lowest BCUT2D eigenvalue weighted by Gasteiger charge is -2.08. The number of amides is 1. The van der Waals surface area contributed by atoms with Crippen LogP contribution in [0.25, 0.3) is 0 Å². The number of Topliss-reactive ketones (excluding diaryl/α,β-unsaturated/α-hetero) is 1. The maximum atomic E-state index is 12.3. The highest BCUT2D eigenvalue weighted by molar-refractivity contribution is 6.42. The molecule has 1 N–H and O–H groups in total. The first kappa shape index (κ1) is 17.5. The highest BCUT2D eigenvalue weighted by atomic mass is 35.5. The van der Waals surface area contributed by atoms with Crippen molar-refractivity contribution >= 4 is 40.6 Å². The molecule has 0 aliphatic rings. The molecular weight excluding hydrogens is 333 g/mol. The second-order valence-corrected chi connectivity index (χ2v) is 6.23. The van der Waals surface area contributed by atoms with Crippen LogP contribution >= 0.6 is 23.2 Å². The number of halogens is 2. The lowest BCUT2D eigenvalue weighted by Crippen LogP contribution is -2.14. The summed E-state index contributed by atoms with van der Waals surface area (Å²) in [4.78, 5) is 24.2. The molecule has 0 aliphatic carbocycles. The maximum Gasteiger partial charge on any atom is 0.224 e. The average molecular weight is 350 g/mol. The fraction of sp³-hybridized carbons (Fsp3) is 0.222. The minimum absolute atomic E-state index is 0.0320. The predicted octanol–water partition coefficient (Wildman–Crippen LogP) is 5.21. The topological polar surface area (TPSA) is 46.2 Å². The number of hydrogen-bond acceptors (Lipinski definition) is 2. The number of carbonyl (C=O) groups excluding carboxylic acids is 2. The molecule has 0 unspecified atom stereocenters. The first-order valence-electron chi connectivity index (χ1n) is 7.22. The zero-order valence-electron chi connectivity index (χ0n) is 13.0. The van der Waals surface area contributed by atoms with Crippen LogP contribution in [0.5, 0.6) is 0 Å².